The molecule has 0 bridgehead atoms. The van der Waals surface area contributed by atoms with Crippen LogP contribution >= 0.6 is 0 Å². The lowest BCUT2D eigenvalue weighted by atomic mass is 9.84. The fourth-order valence-corrected chi connectivity index (χ4v) is 9.29. The summed E-state index contributed by atoms with van der Waals surface area (Å²) in [7, 11) is 0. The van der Waals surface area contributed by atoms with Crippen LogP contribution in [0.4, 0.5) is 0 Å². The summed E-state index contributed by atoms with van der Waals surface area (Å²) in [6, 6.07) is 15.9. The Balaban J connectivity index is 1.18. The van der Waals surface area contributed by atoms with Gasteiger partial charge in [-0.3, -0.25) is 0 Å². The van der Waals surface area contributed by atoms with E-state index in [2.05, 4.69) is 4.98 Å². The Kier molecular flexibility index (Phi) is 11.4. The molecule has 9 rings (SSSR count). The minimum atomic E-state index is -2.09. The maximum absolute atomic E-state index is 11.9. The van der Waals surface area contributed by atoms with E-state index in [1.54, 1.807) is 18.2 Å². The molecule has 5 heterocycles. The van der Waals surface area contributed by atoms with Crippen LogP contribution in [0.1, 0.15) is 34.2 Å². The highest BCUT2D eigenvalue weighted by Crippen LogP contribution is 2.66. The molecule has 0 saturated carbocycles. The van der Waals surface area contributed by atoms with Crippen LogP contribution < -0.4 is 9.47 Å². The van der Waals surface area contributed by atoms with Gasteiger partial charge in [0.15, 0.2) is 12.6 Å². The minimum Gasteiger partial charge on any atom is -0.508 e. The zero-order chi connectivity index (χ0) is 43.9. The van der Waals surface area contributed by atoms with Gasteiger partial charge >= 0.3 is 0 Å². The van der Waals surface area contributed by atoms with Crippen molar-refractivity contribution in [3.05, 3.63) is 83.0 Å². The van der Waals surface area contributed by atoms with Crippen LogP contribution in [0.25, 0.3) is 10.9 Å². The number of aromatic amines is 1. The quantitative estimate of drug-likeness (QED) is 0.0745. The van der Waals surface area contributed by atoms with Gasteiger partial charge in [-0.15, -0.1) is 0 Å². The van der Waals surface area contributed by atoms with Crippen molar-refractivity contribution >= 4 is 10.9 Å². The van der Waals surface area contributed by atoms with Gasteiger partial charge in [-0.25, -0.2) is 0 Å². The third kappa shape index (κ3) is 6.80. The lowest BCUT2D eigenvalue weighted by molar-refractivity contribution is -0.392. The van der Waals surface area contributed by atoms with Crippen molar-refractivity contribution in [2.45, 2.75) is 110 Å². The number of nitrogens with one attached hydrogen (secondary N) is 1. The molecule has 1 aromatic heterocycles. The molecule has 0 spiro atoms. The van der Waals surface area contributed by atoms with Crippen molar-refractivity contribution in [1.82, 2.24) is 4.98 Å². The number of ether oxygens (including phenoxy) is 7. The Bertz CT molecular complexity index is 2240. The number of fused-ring (bicyclic) bond motifs is 7. The molecule has 21 nitrogen and oxygen atoms in total. The predicted molar refractivity (Wildman–Crippen MR) is 203 cm³/mol. The zero-order valence-corrected chi connectivity index (χ0v) is 32.4. The van der Waals surface area contributed by atoms with E-state index in [9.17, 15) is 66.4 Å². The lowest BCUT2D eigenvalue weighted by Crippen LogP contribution is -2.66. The number of benzene rings is 3. The first-order valence-electron chi connectivity index (χ1n) is 19.9. The molecule has 3 saturated heterocycles. The predicted octanol–water partition coefficient (Wildman–Crippen LogP) is -3.24. The molecule has 0 unspecified atom stereocenters. The number of aliphatic hydroxyl groups is 11. The van der Waals surface area contributed by atoms with Gasteiger partial charge < -0.3 is 105 Å². The monoisotopic (exact) mass is 873 g/mol. The molecule has 336 valence electrons. The average Bonchev–Trinajstić information content (AvgIpc) is 3.87. The number of aromatic nitrogens is 1. The van der Waals surface area contributed by atoms with Gasteiger partial charge in [0.25, 0.3) is 0 Å². The number of rotatable bonds is 10. The van der Waals surface area contributed by atoms with E-state index in [0.717, 1.165) is 0 Å². The van der Waals surface area contributed by atoms with E-state index < -0.39 is 135 Å². The Morgan fingerprint density at radius 2 is 1.18 bits per heavy atom. The van der Waals surface area contributed by atoms with Crippen molar-refractivity contribution in [3.8, 4) is 23.0 Å². The number of phenols is 2. The van der Waals surface area contributed by atoms with Gasteiger partial charge in [-0.1, -0.05) is 30.3 Å². The Hall–Kier alpha value is -4.24. The molecule has 14 N–H and O–H groups in total. The van der Waals surface area contributed by atoms with E-state index in [1.807, 2.05) is 18.2 Å². The van der Waals surface area contributed by atoms with E-state index in [-0.39, 0.29) is 22.8 Å². The normalized spacial score (nSPS) is 40.1. The van der Waals surface area contributed by atoms with Crippen LogP contribution in [0, 0.1) is 0 Å². The average molecular weight is 874 g/mol. The molecule has 0 radical (unpaired) electrons. The number of hydrogen-bond acceptors (Lipinski definition) is 20. The van der Waals surface area contributed by atoms with Crippen LogP contribution in [0.3, 0.4) is 0 Å². The topological polar surface area (TPSA) is 343 Å². The van der Waals surface area contributed by atoms with Crippen LogP contribution in [0.5, 0.6) is 23.0 Å². The van der Waals surface area contributed by atoms with E-state index >= 15 is 0 Å². The summed E-state index contributed by atoms with van der Waals surface area (Å²) in [5.74, 6) is -4.99. The van der Waals surface area contributed by atoms with Gasteiger partial charge in [-0.05, 0) is 29.3 Å². The molecule has 18 atom stereocenters. The minimum absolute atomic E-state index is 0.0656. The summed E-state index contributed by atoms with van der Waals surface area (Å²) in [4.78, 5) is 3.42. The summed E-state index contributed by atoms with van der Waals surface area (Å²) in [5, 5.41) is 139. The van der Waals surface area contributed by atoms with Crippen molar-refractivity contribution in [1.29, 1.82) is 0 Å². The third-order valence-corrected chi connectivity index (χ3v) is 12.4. The Morgan fingerprint density at radius 1 is 0.597 bits per heavy atom. The second-order valence-electron chi connectivity index (χ2n) is 16.1. The van der Waals surface area contributed by atoms with Crippen LogP contribution in [-0.4, -0.2) is 189 Å². The van der Waals surface area contributed by atoms with E-state index in [4.69, 9.17) is 33.2 Å². The molecule has 3 aromatic carbocycles. The largest absolute Gasteiger partial charge is 0.508 e. The standard InChI is InChI=1S/C41H47NO20/c43-11-21-29(48)32(51)35(54)38(57-21)56-16-9-19(47)25-20(10-16)61-41(26(14-5-7-15(46)8-6-14)24-17-3-1-2-4-18(17)42-28(24)27(25)41)62-40-37(34(53)31(50)23(13-45)59-40)60-39-36(55)33(52)30(49)22(12-44)58-39/h1-10,21-23,26-27,29-40,42-55H,11-13H2/t21-,22-,23-,26-,27+,29-,30-,31-,32+,33+,34+,35-,36-,37-,38-,39+,40+,41+/m1/s1. The number of aliphatic hydroxyl groups excluding tert-OH is 11. The summed E-state index contributed by atoms with van der Waals surface area (Å²) in [6.07, 6.45) is -26.2. The number of para-hydroxylation sites is 1. The molecule has 4 aliphatic heterocycles. The highest BCUT2D eigenvalue weighted by Gasteiger charge is 2.67. The summed E-state index contributed by atoms with van der Waals surface area (Å²) >= 11 is 0. The zero-order valence-electron chi connectivity index (χ0n) is 32.4. The number of hydrogen-bond donors (Lipinski definition) is 14. The third-order valence-electron chi connectivity index (χ3n) is 12.4. The molecular formula is C41H47NO20. The van der Waals surface area contributed by atoms with Crippen molar-refractivity contribution in [2.24, 2.45) is 0 Å². The summed E-state index contributed by atoms with van der Waals surface area (Å²) in [6.45, 7) is -2.39. The maximum Gasteiger partial charge on any atom is 0.236 e. The fraction of sp³-hybridized carbons (Fsp3) is 0.512. The Labute approximate surface area is 350 Å². The molecular weight excluding hydrogens is 826 g/mol. The molecule has 4 aromatic rings. The van der Waals surface area contributed by atoms with E-state index in [1.165, 1.54) is 24.3 Å². The molecule has 3 fully saturated rings. The highest BCUT2D eigenvalue weighted by atomic mass is 16.8. The van der Waals surface area contributed by atoms with Crippen LogP contribution in [-0.2, 0) is 23.7 Å². The van der Waals surface area contributed by atoms with E-state index in [0.29, 0.717) is 27.7 Å². The van der Waals surface area contributed by atoms with Crippen molar-refractivity contribution in [3.63, 3.8) is 0 Å². The second-order valence-corrected chi connectivity index (χ2v) is 16.1. The van der Waals surface area contributed by atoms with Crippen LogP contribution in [0.2, 0.25) is 0 Å². The maximum atomic E-state index is 11.9. The molecule has 62 heavy (non-hydrogen) atoms. The van der Waals surface area contributed by atoms with Crippen LogP contribution in [0.15, 0.2) is 60.7 Å². The number of phenolic OH excluding ortho intramolecular Hbond substituents is 2. The summed E-state index contributed by atoms with van der Waals surface area (Å²) < 4.78 is 42.9. The molecule has 0 amide bonds. The SMILES string of the molecule is OC[C@H]1O[C@@H](Oc2cc(O)c3c(c2)O[C@@]2(O[C@@H]4O[C@H](CO)[C@@H](O)[C@H](O)[C@H]4O[C@@H]4O[C@H](CO)[C@@H](O)[C@H](O)[C@H]4O)[C@@H]3c3[nH]c4ccccc4c3[C@H]2c2ccc(O)cc2)[C@H](O)[C@@H](O)[C@@H]1O. The number of H-pyrrole nitrogens is 1. The molecule has 1 aliphatic carbocycles. The van der Waals surface area contributed by atoms with Gasteiger partial charge in [0, 0.05) is 28.7 Å². The fourth-order valence-electron chi connectivity index (χ4n) is 9.29. The lowest BCUT2D eigenvalue weighted by Gasteiger charge is -2.48. The number of aromatic hydroxyl groups is 2. The summed E-state index contributed by atoms with van der Waals surface area (Å²) in [5.41, 5.74) is 2.39. The van der Waals surface area contributed by atoms with Gasteiger partial charge in [0.1, 0.15) is 96.2 Å². The smallest absolute Gasteiger partial charge is 0.236 e. The molecule has 5 aliphatic rings. The second kappa shape index (κ2) is 16.4. The van der Waals surface area contributed by atoms with Crippen molar-refractivity contribution in [2.75, 3.05) is 19.8 Å². The van der Waals surface area contributed by atoms with Gasteiger partial charge in [0.2, 0.25) is 12.1 Å². The van der Waals surface area contributed by atoms with Crippen molar-refractivity contribution < 1.29 is 99.5 Å². The molecule has 21 heteroatoms. The highest BCUT2D eigenvalue weighted by molar-refractivity contribution is 5.88. The first kappa shape index (κ1) is 43.0. The Morgan fingerprint density at radius 3 is 1.82 bits per heavy atom. The van der Waals surface area contributed by atoms with Gasteiger partial charge in [-0.2, -0.15) is 0 Å². The van der Waals surface area contributed by atoms with Gasteiger partial charge in [0.05, 0.1) is 37.2 Å². The first-order chi connectivity index (χ1) is 29.7. The first-order valence-corrected chi connectivity index (χ1v) is 19.9.